The molecule has 2 aliphatic heterocycles. The minimum Gasteiger partial charge on any atom is -0.398 e. The number of nitrogen functional groups attached to an aromatic ring is 1. The van der Waals surface area contributed by atoms with Gasteiger partial charge in [-0.3, -0.25) is 4.90 Å². The lowest BCUT2D eigenvalue weighted by atomic mass is 10.1. The molecule has 0 atom stereocenters. The summed E-state index contributed by atoms with van der Waals surface area (Å²) in [5, 5.41) is 11.3. The number of thiophene rings is 1. The van der Waals surface area contributed by atoms with Crippen LogP contribution in [0.4, 0.5) is 11.5 Å². The maximum Gasteiger partial charge on any atom is 0.162 e. The first-order valence-electron chi connectivity index (χ1n) is 11.1. The Labute approximate surface area is 204 Å². The summed E-state index contributed by atoms with van der Waals surface area (Å²) in [5.41, 5.74) is 9.10. The molecular weight excluding hydrogens is 454 g/mol. The fourth-order valence-electron chi connectivity index (χ4n) is 4.18. The van der Waals surface area contributed by atoms with Crippen molar-refractivity contribution in [2.75, 3.05) is 69.4 Å². The Morgan fingerprint density at radius 3 is 2.67 bits per heavy atom. The lowest BCUT2D eigenvalue weighted by Gasteiger charge is -2.28. The van der Waals surface area contributed by atoms with Gasteiger partial charge in [0, 0.05) is 73.7 Å². The van der Waals surface area contributed by atoms with Gasteiger partial charge in [0.05, 0.1) is 23.4 Å². The van der Waals surface area contributed by atoms with E-state index in [-0.39, 0.29) is 0 Å². The average molecular weight is 486 g/mol. The molecule has 2 aliphatic rings. The van der Waals surface area contributed by atoms with Crippen LogP contribution in [0.15, 0.2) is 24.3 Å². The quantitative estimate of drug-likeness (QED) is 0.250. The molecule has 0 bridgehead atoms. The van der Waals surface area contributed by atoms with Crippen molar-refractivity contribution in [1.82, 2.24) is 20.2 Å². The number of nitrogens with two attached hydrogens (primary N) is 1. The van der Waals surface area contributed by atoms with E-state index in [1.165, 1.54) is 11.1 Å². The third-order valence-corrected chi connectivity index (χ3v) is 6.93. The molecule has 33 heavy (non-hydrogen) atoms. The first kappa shape index (κ1) is 23.9. The van der Waals surface area contributed by atoms with Crippen molar-refractivity contribution in [3.05, 3.63) is 34.7 Å². The molecule has 176 valence electrons. The second-order valence-electron chi connectivity index (χ2n) is 7.88. The zero-order valence-corrected chi connectivity index (χ0v) is 20.6. The topological polar surface area (TPSA) is 103 Å². The average Bonchev–Trinajstić information content (AvgIpc) is 3.28. The number of nitrogens with zero attached hydrogens (tertiary/aromatic N) is 4. The number of hydrogen-bond acceptors (Lipinski definition) is 10. The number of anilines is 2. The zero-order valence-electron chi connectivity index (χ0n) is 18.9. The third-order valence-electron chi connectivity index (χ3n) is 5.83. The van der Waals surface area contributed by atoms with Crippen LogP contribution in [0.2, 0.25) is 0 Å². The summed E-state index contributed by atoms with van der Waals surface area (Å²) in [4.78, 5) is 16.0. The van der Waals surface area contributed by atoms with Gasteiger partial charge in [-0.05, 0) is 18.4 Å². The Morgan fingerprint density at radius 2 is 1.94 bits per heavy atom. The van der Waals surface area contributed by atoms with Crippen LogP contribution >= 0.6 is 24.0 Å². The van der Waals surface area contributed by atoms with Gasteiger partial charge in [-0.15, -0.1) is 11.3 Å². The van der Waals surface area contributed by atoms with E-state index in [2.05, 4.69) is 33.8 Å². The van der Waals surface area contributed by atoms with E-state index in [4.69, 9.17) is 25.8 Å². The van der Waals surface area contributed by atoms with Crippen molar-refractivity contribution >= 4 is 51.9 Å². The Hall–Kier alpha value is -2.24. The highest BCUT2D eigenvalue weighted by Crippen LogP contribution is 2.36. The van der Waals surface area contributed by atoms with Crippen LogP contribution in [0.5, 0.6) is 0 Å². The number of fused-ring (bicyclic) bond motifs is 1. The molecule has 5 rings (SSSR count). The summed E-state index contributed by atoms with van der Waals surface area (Å²) in [7, 11) is 0. The Morgan fingerprint density at radius 1 is 1.18 bits per heavy atom. The third kappa shape index (κ3) is 5.30. The van der Waals surface area contributed by atoms with E-state index >= 15 is 0 Å². The summed E-state index contributed by atoms with van der Waals surface area (Å²) in [6.45, 7) is 8.15. The monoisotopic (exact) mass is 485 g/mol. The molecule has 10 heteroatoms. The van der Waals surface area contributed by atoms with Gasteiger partial charge in [0.2, 0.25) is 0 Å². The van der Waals surface area contributed by atoms with Crippen molar-refractivity contribution in [3.8, 4) is 11.4 Å². The molecule has 3 aromatic rings. The number of rotatable bonds is 5. The number of thiol groups is 1. The van der Waals surface area contributed by atoms with E-state index < -0.39 is 0 Å². The van der Waals surface area contributed by atoms with Gasteiger partial charge in [0.25, 0.3) is 0 Å². The molecule has 8 nitrogen and oxygen atoms in total. The van der Waals surface area contributed by atoms with Crippen molar-refractivity contribution in [1.29, 1.82) is 5.41 Å². The highest BCUT2D eigenvalue weighted by molar-refractivity contribution is 7.79. The van der Waals surface area contributed by atoms with E-state index in [1.54, 1.807) is 17.6 Å². The fraction of sp³-hybridized carbons (Fsp3) is 0.435. The molecule has 0 aliphatic carbocycles. The molecule has 0 amide bonds. The van der Waals surface area contributed by atoms with Gasteiger partial charge >= 0.3 is 0 Å². The van der Waals surface area contributed by atoms with E-state index in [0.717, 1.165) is 67.4 Å². The number of piperazine rings is 1. The van der Waals surface area contributed by atoms with Crippen LogP contribution in [-0.4, -0.2) is 79.8 Å². The molecule has 2 aromatic heterocycles. The summed E-state index contributed by atoms with van der Waals surface area (Å²) >= 11 is 5.32. The van der Waals surface area contributed by atoms with Crippen LogP contribution in [0.3, 0.4) is 0 Å². The highest BCUT2D eigenvalue weighted by Gasteiger charge is 2.22. The van der Waals surface area contributed by atoms with Gasteiger partial charge in [0.1, 0.15) is 0 Å². The molecule has 0 spiro atoms. The Kier molecular flexibility index (Phi) is 8.15. The van der Waals surface area contributed by atoms with Crippen molar-refractivity contribution in [2.24, 2.45) is 0 Å². The van der Waals surface area contributed by atoms with E-state index in [9.17, 15) is 0 Å². The van der Waals surface area contributed by atoms with Gasteiger partial charge in [0.15, 0.2) is 11.6 Å². The van der Waals surface area contributed by atoms with Crippen molar-refractivity contribution in [3.63, 3.8) is 0 Å². The molecule has 2 saturated heterocycles. The van der Waals surface area contributed by atoms with Crippen LogP contribution in [-0.2, 0) is 11.3 Å². The molecule has 4 heterocycles. The first-order chi connectivity index (χ1) is 16.2. The Bertz CT molecular complexity index is 1090. The summed E-state index contributed by atoms with van der Waals surface area (Å²) in [6.07, 6.45) is 2.98. The van der Waals surface area contributed by atoms with Gasteiger partial charge in [-0.1, -0.05) is 12.1 Å². The smallest absolute Gasteiger partial charge is 0.162 e. The van der Waals surface area contributed by atoms with Crippen LogP contribution in [0.25, 0.3) is 21.6 Å². The summed E-state index contributed by atoms with van der Waals surface area (Å²) in [6, 6.07) is 7.84. The predicted molar refractivity (Wildman–Crippen MR) is 141 cm³/mol. The largest absolute Gasteiger partial charge is 0.398 e. The molecule has 0 saturated carbocycles. The number of morpholine rings is 1. The van der Waals surface area contributed by atoms with Gasteiger partial charge in [-0.25, -0.2) is 9.97 Å². The predicted octanol–water partition coefficient (Wildman–Crippen LogP) is 2.73. The van der Waals surface area contributed by atoms with Crippen molar-refractivity contribution < 1.29 is 4.74 Å². The second-order valence-corrected chi connectivity index (χ2v) is 9.01. The second kappa shape index (κ2) is 11.3. The van der Waals surface area contributed by atoms with Crippen LogP contribution < -0.4 is 16.0 Å². The van der Waals surface area contributed by atoms with Crippen LogP contribution in [0, 0.1) is 5.41 Å². The summed E-state index contributed by atoms with van der Waals surface area (Å²) < 4.78 is 6.69. The summed E-state index contributed by atoms with van der Waals surface area (Å²) in [5.74, 6) is 1.57. The number of benzene rings is 1. The maximum atomic E-state index is 7.84. The molecule has 0 unspecified atom stereocenters. The lowest BCUT2D eigenvalue weighted by molar-refractivity contribution is 0.122. The molecule has 1 aromatic carbocycles. The lowest BCUT2D eigenvalue weighted by Crippen LogP contribution is -2.42. The normalized spacial score (nSPS) is 17.0. The minimum atomic E-state index is 0.564. The SMILES string of the molecule is CS.N=Cc1c(N)cccc1-c1nc(N2CCOCC2)c2sc(CN3CCNCC3)cc2n1. The Balaban J connectivity index is 0.00000126. The van der Waals surface area contributed by atoms with Crippen molar-refractivity contribution in [2.45, 2.75) is 6.54 Å². The first-order valence-corrected chi connectivity index (χ1v) is 12.8. The van der Waals surface area contributed by atoms with Gasteiger partial charge in [-0.2, -0.15) is 12.6 Å². The highest BCUT2D eigenvalue weighted by atomic mass is 32.1. The number of ether oxygens (including phenoxy) is 1. The minimum absolute atomic E-state index is 0.564. The standard InChI is InChI=1S/C22H27N7OS.CH4S/c23-13-17-16(2-1-3-18(17)24)21-26-19-12-15(14-28-6-4-25-5-7-28)31-20(19)22(27-21)29-8-10-30-11-9-29;1-2/h1-3,12-13,23,25H,4-11,14,24H2;2H,1H3. The number of aromatic nitrogens is 2. The van der Waals surface area contributed by atoms with Crippen LogP contribution in [0.1, 0.15) is 10.4 Å². The van der Waals surface area contributed by atoms with Gasteiger partial charge < -0.3 is 26.1 Å². The molecular formula is C23H31N7OS2. The van der Waals surface area contributed by atoms with E-state index in [0.29, 0.717) is 30.3 Å². The zero-order chi connectivity index (χ0) is 23.2. The number of hydrogen-bond donors (Lipinski definition) is 4. The van der Waals surface area contributed by atoms with E-state index in [1.807, 2.05) is 18.2 Å². The maximum absolute atomic E-state index is 7.84. The molecule has 4 N–H and O–H groups in total. The molecule has 2 fully saturated rings. The fourth-order valence-corrected chi connectivity index (χ4v) is 5.34. The molecule has 0 radical (unpaired) electrons. The number of nitrogens with one attached hydrogen (secondary N) is 2.